The molecule has 0 atom stereocenters. The standard InChI is InChI=1S/C39H42ClF3N10O4/c1-8-28-32(49-13-15-50(16-14-49)35(56)31-33(55)22(2)44-21-45-31)36(57)52-37(46-34(47-52)23-9-11-26-24(17-23)19-48(5)38(26,3)4)51(28)20-30(54)53(6,7)29-12-10-25(18-27(29)40)39(41,42)43/h9-12,17-18,21H,8,13-16,19-20H2,1-7H3/p+1. The van der Waals surface area contributed by atoms with Crippen LogP contribution in [-0.4, -0.2) is 103 Å². The van der Waals surface area contributed by atoms with Gasteiger partial charge in [-0.15, -0.1) is 5.10 Å². The molecule has 5 aromatic rings. The molecule has 2 aliphatic rings. The molecule has 300 valence electrons. The lowest BCUT2D eigenvalue weighted by molar-refractivity contribution is -0.137. The van der Waals surface area contributed by atoms with Gasteiger partial charge in [-0.2, -0.15) is 22.7 Å². The van der Waals surface area contributed by atoms with Crippen LogP contribution in [0.3, 0.4) is 0 Å². The number of quaternary nitrogens is 1. The van der Waals surface area contributed by atoms with Crippen LogP contribution in [0.25, 0.3) is 17.2 Å². The molecule has 1 saturated heterocycles. The van der Waals surface area contributed by atoms with E-state index in [0.717, 1.165) is 17.7 Å². The number of hydrogen-bond acceptors (Lipinski definition) is 10. The molecule has 0 unspecified atom stereocenters. The lowest BCUT2D eigenvalue weighted by atomic mass is 9.93. The fourth-order valence-electron chi connectivity index (χ4n) is 7.66. The molecule has 7 rings (SSSR count). The molecule has 0 saturated carbocycles. The number of benzene rings is 2. The van der Waals surface area contributed by atoms with E-state index in [2.05, 4.69) is 35.8 Å². The number of fused-ring (bicyclic) bond motifs is 2. The highest BCUT2D eigenvalue weighted by atomic mass is 35.5. The van der Waals surface area contributed by atoms with Crippen LogP contribution < -0.4 is 14.9 Å². The number of hydrogen-bond donors (Lipinski definition) is 1. The fourth-order valence-corrected chi connectivity index (χ4v) is 8.05. The number of alkyl halides is 3. The van der Waals surface area contributed by atoms with Crippen LogP contribution in [0.1, 0.15) is 59.3 Å². The number of nitrogens with zero attached hydrogens (tertiary/aromatic N) is 10. The summed E-state index contributed by atoms with van der Waals surface area (Å²) >= 11 is 6.39. The second kappa shape index (κ2) is 14.2. The van der Waals surface area contributed by atoms with Crippen LogP contribution in [0.15, 0.2) is 47.5 Å². The van der Waals surface area contributed by atoms with Crippen molar-refractivity contribution in [1.82, 2.24) is 43.4 Å². The van der Waals surface area contributed by atoms with Gasteiger partial charge in [-0.05, 0) is 63.6 Å². The number of aryl methyl sites for hydroxylation is 1. The van der Waals surface area contributed by atoms with Crippen molar-refractivity contribution < 1.29 is 27.9 Å². The maximum Gasteiger partial charge on any atom is 0.416 e. The first kappa shape index (κ1) is 39.8. The Hall–Kier alpha value is -5.39. The Morgan fingerprint density at radius 2 is 1.74 bits per heavy atom. The smallest absolute Gasteiger partial charge is 0.416 e. The number of aromatic hydroxyl groups is 1. The summed E-state index contributed by atoms with van der Waals surface area (Å²) in [5.41, 5.74) is 2.45. The van der Waals surface area contributed by atoms with Crippen molar-refractivity contribution in [3.63, 3.8) is 0 Å². The third-order valence-electron chi connectivity index (χ3n) is 11.4. The van der Waals surface area contributed by atoms with Crippen molar-refractivity contribution in [2.24, 2.45) is 0 Å². The number of anilines is 1. The van der Waals surface area contributed by atoms with Crippen molar-refractivity contribution in [3.8, 4) is 17.1 Å². The Balaban J connectivity index is 1.31. The number of piperazine rings is 1. The van der Waals surface area contributed by atoms with Crippen molar-refractivity contribution in [1.29, 1.82) is 0 Å². The predicted molar refractivity (Wildman–Crippen MR) is 208 cm³/mol. The van der Waals surface area contributed by atoms with Crippen LogP contribution >= 0.6 is 11.6 Å². The minimum atomic E-state index is -4.62. The first-order valence-corrected chi connectivity index (χ1v) is 18.8. The topological polar surface area (TPSA) is 142 Å². The number of carbonyl (C=O) groups excluding carboxylic acids is 2. The maximum atomic E-state index is 14.6. The Labute approximate surface area is 331 Å². The second-order valence-corrected chi connectivity index (χ2v) is 15.8. The zero-order valence-electron chi connectivity index (χ0n) is 32.6. The summed E-state index contributed by atoms with van der Waals surface area (Å²) in [6.45, 7) is 8.93. The van der Waals surface area contributed by atoms with E-state index in [0.29, 0.717) is 24.2 Å². The molecule has 2 aromatic carbocycles. The zero-order chi connectivity index (χ0) is 41.4. The monoisotopic (exact) mass is 807 g/mol. The molecule has 1 N–H and O–H groups in total. The first-order chi connectivity index (χ1) is 26.7. The van der Waals surface area contributed by atoms with Gasteiger partial charge in [0.2, 0.25) is 5.78 Å². The van der Waals surface area contributed by atoms with E-state index in [1.165, 1.54) is 41.5 Å². The summed E-state index contributed by atoms with van der Waals surface area (Å²) in [5, 5.41) is 15.0. The highest BCUT2D eigenvalue weighted by Crippen LogP contribution is 2.40. The number of rotatable bonds is 7. The van der Waals surface area contributed by atoms with Gasteiger partial charge in [0.25, 0.3) is 11.5 Å². The van der Waals surface area contributed by atoms with Crippen LogP contribution in [0.2, 0.25) is 5.02 Å². The molecule has 0 spiro atoms. The van der Waals surface area contributed by atoms with Gasteiger partial charge in [-0.25, -0.2) is 19.2 Å². The van der Waals surface area contributed by atoms with Gasteiger partial charge >= 0.3 is 12.1 Å². The van der Waals surface area contributed by atoms with Crippen molar-refractivity contribution in [3.05, 3.63) is 91.9 Å². The summed E-state index contributed by atoms with van der Waals surface area (Å²) in [5.74, 6) is -0.832. The third kappa shape index (κ3) is 6.80. The molecule has 0 bridgehead atoms. The summed E-state index contributed by atoms with van der Waals surface area (Å²) < 4.78 is 42.8. The summed E-state index contributed by atoms with van der Waals surface area (Å²) in [6.07, 6.45) is -3.12. The second-order valence-electron chi connectivity index (χ2n) is 15.4. The molecule has 2 aliphatic heterocycles. The van der Waals surface area contributed by atoms with Crippen LogP contribution in [0.5, 0.6) is 5.75 Å². The van der Waals surface area contributed by atoms with Gasteiger partial charge in [0, 0.05) is 49.9 Å². The maximum absolute atomic E-state index is 14.6. The normalized spacial score (nSPS) is 16.1. The molecule has 18 heteroatoms. The number of amides is 2. The lowest BCUT2D eigenvalue weighted by Crippen LogP contribution is -2.51. The van der Waals surface area contributed by atoms with E-state index < -0.39 is 33.6 Å². The van der Waals surface area contributed by atoms with Gasteiger partial charge in [0.1, 0.15) is 23.6 Å². The minimum absolute atomic E-state index is 0.113. The largest absolute Gasteiger partial charge is 0.504 e. The Bertz CT molecular complexity index is 2510. The lowest BCUT2D eigenvalue weighted by Gasteiger charge is -2.36. The van der Waals surface area contributed by atoms with Crippen molar-refractivity contribution in [2.45, 2.75) is 58.9 Å². The van der Waals surface area contributed by atoms with E-state index >= 15 is 0 Å². The van der Waals surface area contributed by atoms with E-state index in [-0.39, 0.29) is 83.4 Å². The minimum Gasteiger partial charge on any atom is -0.504 e. The summed E-state index contributed by atoms with van der Waals surface area (Å²) in [7, 11) is 5.12. The number of likely N-dealkylation sites (N-methyl/N-ethyl adjacent to an activating group) is 1. The zero-order valence-corrected chi connectivity index (χ0v) is 33.4. The average Bonchev–Trinajstić information content (AvgIpc) is 3.71. The molecule has 5 heterocycles. The molecular weight excluding hydrogens is 765 g/mol. The number of aromatic nitrogens is 6. The third-order valence-corrected chi connectivity index (χ3v) is 11.7. The molecule has 3 aromatic heterocycles. The molecular formula is C39H43ClF3N10O4+. The number of carbonyl (C=O) groups is 2. The molecule has 1 fully saturated rings. The fraction of sp³-hybridized carbons (Fsp3) is 0.410. The average molecular weight is 808 g/mol. The van der Waals surface area contributed by atoms with Crippen molar-refractivity contribution in [2.75, 3.05) is 52.2 Å². The highest BCUT2D eigenvalue weighted by Gasteiger charge is 2.38. The summed E-state index contributed by atoms with van der Waals surface area (Å²) in [4.78, 5) is 60.7. The Kier molecular flexibility index (Phi) is 9.93. The predicted octanol–water partition coefficient (Wildman–Crippen LogP) is 5.03. The Morgan fingerprint density at radius 3 is 2.39 bits per heavy atom. The van der Waals surface area contributed by atoms with Gasteiger partial charge < -0.3 is 14.9 Å². The molecule has 14 nitrogen and oxygen atoms in total. The highest BCUT2D eigenvalue weighted by molar-refractivity contribution is 6.33. The SMILES string of the molecule is CCc1c(N2CCN(C(=O)c3ncnc(C)c3O)CC2)c(=O)n2nc(-c3ccc4c(c3)CN(C)C4(C)C)nc2n1CC(=O)[N+](C)(C)c1ccc(C(F)(F)F)cc1Cl. The van der Waals surface area contributed by atoms with Crippen LogP contribution in [0.4, 0.5) is 24.5 Å². The van der Waals surface area contributed by atoms with E-state index in [4.69, 9.17) is 21.7 Å². The first-order valence-electron chi connectivity index (χ1n) is 18.4. The molecule has 0 radical (unpaired) electrons. The van der Waals surface area contributed by atoms with Crippen LogP contribution in [0, 0.1) is 6.92 Å². The molecule has 0 aliphatic carbocycles. The van der Waals surface area contributed by atoms with Gasteiger partial charge in [-0.3, -0.25) is 19.1 Å². The van der Waals surface area contributed by atoms with Crippen LogP contribution in [-0.2, 0) is 36.0 Å². The van der Waals surface area contributed by atoms with Gasteiger partial charge in [0.15, 0.2) is 23.0 Å². The summed E-state index contributed by atoms with van der Waals surface area (Å²) in [6, 6.07) is 8.85. The van der Waals surface area contributed by atoms with E-state index in [9.17, 15) is 32.7 Å². The van der Waals surface area contributed by atoms with E-state index in [1.54, 1.807) is 11.5 Å². The Morgan fingerprint density at radius 1 is 1.04 bits per heavy atom. The van der Waals surface area contributed by atoms with Crippen molar-refractivity contribution >= 4 is 40.6 Å². The quantitative estimate of drug-likeness (QED) is 0.223. The van der Waals surface area contributed by atoms with Gasteiger partial charge in [-0.1, -0.05) is 30.7 Å². The van der Waals surface area contributed by atoms with Gasteiger partial charge in [0.05, 0.1) is 31.0 Å². The number of halogens is 4. The molecule has 2 amide bonds. The molecule has 57 heavy (non-hydrogen) atoms. The van der Waals surface area contributed by atoms with E-state index in [1.807, 2.05) is 30.0 Å².